The predicted octanol–water partition coefficient (Wildman–Crippen LogP) is -11.5. The SMILES string of the molecule is NC(CCO[P+](=O)O)O[P+](=O)O.[H-].[H-].[H-].[H-].[Na+].[Na+].[Na+].[Na+]. The van der Waals surface area contributed by atoms with E-state index < -0.39 is 22.7 Å². The van der Waals surface area contributed by atoms with Crippen LogP contribution in [0.4, 0.5) is 0 Å². The Morgan fingerprint density at radius 2 is 1.56 bits per heavy atom. The van der Waals surface area contributed by atoms with Crippen LogP contribution in [0.3, 0.4) is 0 Å². The van der Waals surface area contributed by atoms with Gasteiger partial charge in [0.15, 0.2) is 6.23 Å². The normalized spacial score (nSPS) is 11.7. The van der Waals surface area contributed by atoms with Crippen LogP contribution in [0.1, 0.15) is 12.1 Å². The molecule has 0 aromatic rings. The fraction of sp³-hybridized carbons (Fsp3) is 1.00. The van der Waals surface area contributed by atoms with Crippen LogP contribution in [0.25, 0.3) is 0 Å². The molecule has 0 amide bonds. The van der Waals surface area contributed by atoms with Gasteiger partial charge in [-0.1, -0.05) is 0 Å². The minimum absolute atomic E-state index is 0. The zero-order valence-corrected chi connectivity index (χ0v) is 19.8. The summed E-state index contributed by atoms with van der Waals surface area (Å²) >= 11 is 0. The van der Waals surface area contributed by atoms with E-state index in [-0.39, 0.29) is 137 Å². The Kier molecular flexibility index (Phi) is 42.7. The minimum Gasteiger partial charge on any atom is -1.00 e. The molecule has 0 saturated carbocycles. The van der Waals surface area contributed by atoms with Gasteiger partial charge in [0.2, 0.25) is 0 Å². The summed E-state index contributed by atoms with van der Waals surface area (Å²) < 4.78 is 28.4. The molecule has 13 heteroatoms. The maximum atomic E-state index is 10.0. The Morgan fingerprint density at radius 1 is 1.12 bits per heavy atom. The van der Waals surface area contributed by atoms with Crippen molar-refractivity contribution in [3.05, 3.63) is 0 Å². The predicted molar refractivity (Wildman–Crippen MR) is 43.7 cm³/mol. The van der Waals surface area contributed by atoms with Gasteiger partial charge in [-0.2, -0.15) is 0 Å². The van der Waals surface area contributed by atoms with Crippen LogP contribution < -0.4 is 124 Å². The summed E-state index contributed by atoms with van der Waals surface area (Å²) in [6.45, 7) is -0.101. The van der Waals surface area contributed by atoms with Crippen molar-refractivity contribution in [2.75, 3.05) is 6.61 Å². The first-order valence-corrected chi connectivity index (χ1v) is 5.16. The molecule has 0 aliphatic carbocycles. The van der Waals surface area contributed by atoms with Crippen molar-refractivity contribution >= 4 is 16.5 Å². The van der Waals surface area contributed by atoms with Gasteiger partial charge in [-0.25, -0.2) is 0 Å². The molecule has 78 valence electrons. The van der Waals surface area contributed by atoms with Crippen molar-refractivity contribution in [1.29, 1.82) is 0 Å². The summed E-state index contributed by atoms with van der Waals surface area (Å²) in [5, 5.41) is 0. The van der Waals surface area contributed by atoms with Crippen LogP contribution in [-0.2, 0) is 18.2 Å². The van der Waals surface area contributed by atoms with Gasteiger partial charge in [0.05, 0.1) is 0 Å². The third-order valence-electron chi connectivity index (χ3n) is 0.830. The molecular formula is C3H13NNa4O6P2+2. The quantitative estimate of drug-likeness (QED) is 0.253. The Bertz CT molecular complexity index is 202. The minimum atomic E-state index is -2.74. The van der Waals surface area contributed by atoms with E-state index in [2.05, 4.69) is 9.05 Å². The van der Waals surface area contributed by atoms with Gasteiger partial charge in [-0.15, -0.1) is 18.8 Å². The molecule has 0 saturated heterocycles. The van der Waals surface area contributed by atoms with Crippen LogP contribution in [0.15, 0.2) is 0 Å². The summed E-state index contributed by atoms with van der Waals surface area (Å²) in [4.78, 5) is 16.3. The average molecular weight is 313 g/mol. The van der Waals surface area contributed by atoms with Crippen LogP contribution >= 0.6 is 16.5 Å². The van der Waals surface area contributed by atoms with E-state index in [1.54, 1.807) is 0 Å². The molecule has 0 heterocycles. The van der Waals surface area contributed by atoms with Gasteiger partial charge in [0.1, 0.15) is 6.61 Å². The van der Waals surface area contributed by atoms with E-state index >= 15 is 0 Å². The van der Waals surface area contributed by atoms with Crippen molar-refractivity contribution in [3.63, 3.8) is 0 Å². The maximum Gasteiger partial charge on any atom is 1.00 e. The Labute approximate surface area is 190 Å². The molecule has 0 aromatic carbocycles. The zero-order valence-electron chi connectivity index (χ0n) is 14.0. The first kappa shape index (κ1) is 32.1. The van der Waals surface area contributed by atoms with Crippen LogP contribution in [0.5, 0.6) is 0 Å². The fourth-order valence-electron chi connectivity index (χ4n) is 0.415. The number of rotatable bonds is 6. The summed E-state index contributed by atoms with van der Waals surface area (Å²) in [6.07, 6.45) is -0.892. The van der Waals surface area contributed by atoms with Gasteiger partial charge in [0, 0.05) is 15.6 Å². The van der Waals surface area contributed by atoms with Crippen molar-refractivity contribution < 1.29 is 152 Å². The second kappa shape index (κ2) is 21.3. The van der Waals surface area contributed by atoms with E-state index in [1.165, 1.54) is 0 Å². The van der Waals surface area contributed by atoms with E-state index in [4.69, 9.17) is 15.5 Å². The number of hydrogen-bond donors (Lipinski definition) is 3. The molecule has 0 bridgehead atoms. The number of hydrogen-bond acceptors (Lipinski definition) is 5. The molecule has 0 radical (unpaired) electrons. The summed E-state index contributed by atoms with van der Waals surface area (Å²) in [7, 11) is -5.39. The van der Waals surface area contributed by atoms with Crippen molar-refractivity contribution in [1.82, 2.24) is 0 Å². The third kappa shape index (κ3) is 26.5. The molecule has 3 atom stereocenters. The van der Waals surface area contributed by atoms with Gasteiger partial charge < -0.3 is 11.4 Å². The van der Waals surface area contributed by atoms with Crippen molar-refractivity contribution in [2.45, 2.75) is 12.6 Å². The molecule has 4 N–H and O–H groups in total. The zero-order chi connectivity index (χ0) is 9.56. The molecule has 7 nitrogen and oxygen atoms in total. The maximum absolute atomic E-state index is 10.0. The average Bonchev–Trinajstić information content (AvgIpc) is 1.84. The van der Waals surface area contributed by atoms with Crippen LogP contribution in [-0.4, -0.2) is 22.6 Å². The molecule has 0 aliphatic rings. The first-order chi connectivity index (χ1) is 5.52. The van der Waals surface area contributed by atoms with E-state index in [0.29, 0.717) is 0 Å². The molecule has 0 rings (SSSR count). The first-order valence-electron chi connectivity index (χ1n) is 2.90. The van der Waals surface area contributed by atoms with Crippen LogP contribution in [0.2, 0.25) is 0 Å². The monoisotopic (exact) mass is 313 g/mol. The van der Waals surface area contributed by atoms with Crippen molar-refractivity contribution in [3.8, 4) is 0 Å². The molecular weight excluding hydrogens is 300 g/mol. The van der Waals surface area contributed by atoms with Gasteiger partial charge in [0.25, 0.3) is 0 Å². The summed E-state index contributed by atoms with van der Waals surface area (Å²) in [6, 6.07) is 0. The van der Waals surface area contributed by atoms with Gasteiger partial charge in [-0.3, -0.25) is 0 Å². The standard InChI is InChI=1S/C3H7NO6P2.4Na.4H/c4-3(10-12(7)8)1-2-9-11(5)6;;;;;;;;/h3H,1-2,4H2;;;;;;;;/q;4*+1;4*-1/p+2. The summed E-state index contributed by atoms with van der Waals surface area (Å²) in [5.74, 6) is 0. The molecule has 0 spiro atoms. The Hall–Kier alpha value is 4.00. The Balaban J connectivity index is -0.0000000216. The van der Waals surface area contributed by atoms with E-state index in [0.717, 1.165) is 0 Å². The second-order valence-corrected chi connectivity index (χ2v) is 3.16. The topological polar surface area (TPSA) is 119 Å². The largest absolute Gasteiger partial charge is 1.00 e. The molecule has 0 fully saturated rings. The fourth-order valence-corrected chi connectivity index (χ4v) is 1.01. The third-order valence-corrected chi connectivity index (χ3v) is 1.68. The van der Waals surface area contributed by atoms with E-state index in [1.807, 2.05) is 0 Å². The van der Waals surface area contributed by atoms with E-state index in [9.17, 15) is 9.13 Å². The van der Waals surface area contributed by atoms with Crippen LogP contribution in [0, 0.1) is 0 Å². The summed E-state index contributed by atoms with van der Waals surface area (Å²) in [5.41, 5.74) is 5.14. The molecule has 16 heavy (non-hydrogen) atoms. The molecule has 3 unspecified atom stereocenters. The van der Waals surface area contributed by atoms with Gasteiger partial charge in [-0.05, 0) is 0 Å². The second-order valence-electron chi connectivity index (χ2n) is 1.74. The Morgan fingerprint density at radius 3 is 1.88 bits per heavy atom. The number of nitrogens with two attached hydrogens (primary N) is 1. The smallest absolute Gasteiger partial charge is 1.00 e. The molecule has 0 aliphatic heterocycles. The van der Waals surface area contributed by atoms with Crippen molar-refractivity contribution in [2.24, 2.45) is 5.73 Å². The molecule has 0 aromatic heterocycles. The van der Waals surface area contributed by atoms with Gasteiger partial charge >= 0.3 is 135 Å².